The molecule has 0 aromatic heterocycles. The molecule has 4 nitrogen and oxygen atoms in total. The summed E-state index contributed by atoms with van der Waals surface area (Å²) in [6.45, 7) is 0.153. The first kappa shape index (κ1) is 16.7. The summed E-state index contributed by atoms with van der Waals surface area (Å²) < 4.78 is 26.6. The van der Waals surface area contributed by atoms with Gasteiger partial charge in [0.1, 0.15) is 11.6 Å². The Morgan fingerprint density at radius 2 is 2.00 bits per heavy atom. The van der Waals surface area contributed by atoms with Crippen LogP contribution in [-0.2, 0) is 6.54 Å². The minimum absolute atomic E-state index is 0.0429. The van der Waals surface area contributed by atoms with E-state index in [0.717, 1.165) is 43.9 Å². The fourth-order valence-electron chi connectivity index (χ4n) is 2.85. The number of benzene rings is 1. The predicted octanol–water partition coefficient (Wildman–Crippen LogP) is 2.66. The molecule has 22 heavy (non-hydrogen) atoms. The second-order valence-electron chi connectivity index (χ2n) is 5.86. The van der Waals surface area contributed by atoms with Crippen molar-refractivity contribution in [2.45, 2.75) is 38.3 Å². The van der Waals surface area contributed by atoms with Gasteiger partial charge in [0, 0.05) is 31.8 Å². The highest BCUT2D eigenvalue weighted by Crippen LogP contribution is 2.26. The van der Waals surface area contributed by atoms with Crippen LogP contribution < -0.4 is 5.32 Å². The van der Waals surface area contributed by atoms with Crippen molar-refractivity contribution in [1.82, 2.24) is 10.2 Å². The summed E-state index contributed by atoms with van der Waals surface area (Å²) in [7, 11) is 1.71. The molecular formula is C16H22F2N2O2. The maximum absolute atomic E-state index is 13.5. The molecule has 1 aliphatic rings. The number of carbonyl (C=O) groups excluding carboxylic acids is 1. The van der Waals surface area contributed by atoms with Gasteiger partial charge in [0.2, 0.25) is 0 Å². The number of hydrogen-bond donors (Lipinski definition) is 2. The molecule has 2 N–H and O–H groups in total. The van der Waals surface area contributed by atoms with E-state index >= 15 is 0 Å². The minimum Gasteiger partial charge on any atom is -0.396 e. The molecule has 1 saturated carbocycles. The monoisotopic (exact) mass is 312 g/mol. The van der Waals surface area contributed by atoms with Crippen LogP contribution in [-0.4, -0.2) is 35.7 Å². The van der Waals surface area contributed by atoms with E-state index in [1.54, 1.807) is 11.9 Å². The molecule has 1 aromatic rings. The van der Waals surface area contributed by atoms with Crippen molar-refractivity contribution in [2.24, 2.45) is 5.92 Å². The second-order valence-corrected chi connectivity index (χ2v) is 5.86. The first-order valence-electron chi connectivity index (χ1n) is 7.56. The van der Waals surface area contributed by atoms with Gasteiger partial charge in [0.25, 0.3) is 0 Å². The van der Waals surface area contributed by atoms with Crippen LogP contribution in [0.4, 0.5) is 13.6 Å². The number of carbonyl (C=O) groups is 1. The lowest BCUT2D eigenvalue weighted by Crippen LogP contribution is -2.45. The number of rotatable bonds is 4. The SMILES string of the molecule is CN(C(=O)NCc1cc(F)ccc1F)C1CCC(CO)CC1. The summed E-state index contributed by atoms with van der Waals surface area (Å²) in [4.78, 5) is 13.7. The Morgan fingerprint density at radius 3 is 2.64 bits per heavy atom. The van der Waals surface area contributed by atoms with Crippen molar-refractivity contribution in [3.8, 4) is 0 Å². The Labute approximate surface area is 129 Å². The molecule has 1 aromatic carbocycles. The van der Waals surface area contributed by atoms with Crippen molar-refractivity contribution in [1.29, 1.82) is 0 Å². The number of amides is 2. The van der Waals surface area contributed by atoms with Crippen molar-refractivity contribution in [2.75, 3.05) is 13.7 Å². The van der Waals surface area contributed by atoms with Crippen LogP contribution in [0.5, 0.6) is 0 Å². The molecule has 2 rings (SSSR count). The lowest BCUT2D eigenvalue weighted by molar-refractivity contribution is 0.134. The number of nitrogens with one attached hydrogen (secondary N) is 1. The number of aliphatic hydroxyl groups excluding tert-OH is 1. The molecule has 0 saturated heterocycles. The molecule has 0 heterocycles. The third kappa shape index (κ3) is 4.16. The molecule has 6 heteroatoms. The van der Waals surface area contributed by atoms with E-state index in [4.69, 9.17) is 5.11 Å². The molecule has 0 aliphatic heterocycles. The summed E-state index contributed by atoms with van der Waals surface area (Å²) in [5.41, 5.74) is 0.130. The Morgan fingerprint density at radius 1 is 1.32 bits per heavy atom. The highest BCUT2D eigenvalue weighted by Gasteiger charge is 2.26. The van der Waals surface area contributed by atoms with Crippen molar-refractivity contribution in [3.63, 3.8) is 0 Å². The van der Waals surface area contributed by atoms with Crippen LogP contribution >= 0.6 is 0 Å². The van der Waals surface area contributed by atoms with Gasteiger partial charge in [-0.25, -0.2) is 13.6 Å². The zero-order valence-corrected chi connectivity index (χ0v) is 12.7. The van der Waals surface area contributed by atoms with Gasteiger partial charge in [-0.15, -0.1) is 0 Å². The quantitative estimate of drug-likeness (QED) is 0.898. The van der Waals surface area contributed by atoms with Crippen LogP contribution in [0.1, 0.15) is 31.2 Å². The molecule has 2 amide bonds. The van der Waals surface area contributed by atoms with E-state index < -0.39 is 11.6 Å². The maximum Gasteiger partial charge on any atom is 0.317 e. The van der Waals surface area contributed by atoms with Gasteiger partial charge in [-0.2, -0.15) is 0 Å². The van der Waals surface area contributed by atoms with Crippen LogP contribution in [0.25, 0.3) is 0 Å². The lowest BCUT2D eigenvalue weighted by Gasteiger charge is -2.34. The van der Waals surface area contributed by atoms with Gasteiger partial charge in [0.15, 0.2) is 0 Å². The number of hydrogen-bond acceptors (Lipinski definition) is 2. The first-order chi connectivity index (χ1) is 10.5. The van der Waals surface area contributed by atoms with Gasteiger partial charge in [-0.3, -0.25) is 0 Å². The van der Waals surface area contributed by atoms with Gasteiger partial charge in [-0.1, -0.05) is 0 Å². The number of urea groups is 1. The van der Waals surface area contributed by atoms with E-state index in [0.29, 0.717) is 5.92 Å². The molecule has 0 unspecified atom stereocenters. The highest BCUT2D eigenvalue weighted by molar-refractivity contribution is 5.74. The fourth-order valence-corrected chi connectivity index (χ4v) is 2.85. The zero-order valence-electron chi connectivity index (χ0n) is 12.7. The average molecular weight is 312 g/mol. The van der Waals surface area contributed by atoms with E-state index in [-0.39, 0.29) is 30.8 Å². The summed E-state index contributed by atoms with van der Waals surface area (Å²) in [6, 6.07) is 3.02. The molecular weight excluding hydrogens is 290 g/mol. The third-order valence-electron chi connectivity index (χ3n) is 4.38. The lowest BCUT2D eigenvalue weighted by atomic mass is 9.86. The summed E-state index contributed by atoms with van der Waals surface area (Å²) >= 11 is 0. The smallest absolute Gasteiger partial charge is 0.317 e. The molecule has 0 spiro atoms. The highest BCUT2D eigenvalue weighted by atomic mass is 19.1. The number of halogens is 2. The maximum atomic E-state index is 13.5. The number of nitrogens with zero attached hydrogens (tertiary/aromatic N) is 1. The van der Waals surface area contributed by atoms with E-state index in [2.05, 4.69) is 5.32 Å². The Hall–Kier alpha value is -1.69. The summed E-state index contributed by atoms with van der Waals surface area (Å²) in [5.74, 6) is -0.733. The van der Waals surface area contributed by atoms with E-state index in [9.17, 15) is 13.6 Å². The third-order valence-corrected chi connectivity index (χ3v) is 4.38. The number of aliphatic hydroxyl groups is 1. The molecule has 0 atom stereocenters. The molecule has 1 aliphatic carbocycles. The van der Waals surface area contributed by atoms with Crippen LogP contribution in [0, 0.1) is 17.6 Å². The van der Waals surface area contributed by atoms with E-state index in [1.165, 1.54) is 0 Å². The topological polar surface area (TPSA) is 52.6 Å². The van der Waals surface area contributed by atoms with Gasteiger partial charge >= 0.3 is 6.03 Å². The first-order valence-corrected chi connectivity index (χ1v) is 7.56. The van der Waals surface area contributed by atoms with Gasteiger partial charge in [0.05, 0.1) is 0 Å². The largest absolute Gasteiger partial charge is 0.396 e. The standard InChI is InChI=1S/C16H22F2N2O2/c1-20(14-5-2-11(10-21)3-6-14)16(22)19-9-12-8-13(17)4-7-15(12)18/h4,7-8,11,14,21H,2-3,5-6,9-10H2,1H3,(H,19,22). The summed E-state index contributed by atoms with van der Waals surface area (Å²) in [5, 5.41) is 11.7. The van der Waals surface area contributed by atoms with Crippen LogP contribution in [0.2, 0.25) is 0 Å². The molecule has 1 fully saturated rings. The van der Waals surface area contributed by atoms with Crippen molar-refractivity contribution >= 4 is 6.03 Å². The minimum atomic E-state index is -0.534. The van der Waals surface area contributed by atoms with Gasteiger partial charge < -0.3 is 15.3 Å². The molecule has 122 valence electrons. The summed E-state index contributed by atoms with van der Waals surface area (Å²) in [6.07, 6.45) is 3.50. The second kappa shape index (κ2) is 7.54. The normalized spacial score (nSPS) is 21.5. The Bertz CT molecular complexity index is 517. The zero-order chi connectivity index (χ0) is 16.1. The van der Waals surface area contributed by atoms with Crippen molar-refractivity contribution < 1.29 is 18.7 Å². The van der Waals surface area contributed by atoms with E-state index in [1.807, 2.05) is 0 Å². The fraction of sp³-hybridized carbons (Fsp3) is 0.562. The predicted molar refractivity (Wildman–Crippen MR) is 79.2 cm³/mol. The van der Waals surface area contributed by atoms with Gasteiger partial charge in [-0.05, 0) is 49.8 Å². The van der Waals surface area contributed by atoms with Crippen molar-refractivity contribution in [3.05, 3.63) is 35.4 Å². The molecule has 0 radical (unpaired) electrons. The molecule has 0 bridgehead atoms. The van der Waals surface area contributed by atoms with Crippen LogP contribution in [0.3, 0.4) is 0 Å². The average Bonchev–Trinajstić information content (AvgIpc) is 2.54. The Kier molecular flexibility index (Phi) is 5.71. The Balaban J connectivity index is 1.85. The van der Waals surface area contributed by atoms with Crippen LogP contribution in [0.15, 0.2) is 18.2 Å².